The maximum absolute atomic E-state index is 14.6. The monoisotopic (exact) mass is 467 g/mol. The van der Waals surface area contributed by atoms with E-state index in [1.54, 1.807) is 17.6 Å². The van der Waals surface area contributed by atoms with Gasteiger partial charge in [0.1, 0.15) is 12.4 Å². The number of rotatable bonds is 0. The predicted molar refractivity (Wildman–Crippen MR) is 128 cm³/mol. The number of nitrogens with zero attached hydrogens (tertiary/aromatic N) is 2. The lowest BCUT2D eigenvalue weighted by Crippen LogP contribution is -2.32. The van der Waals surface area contributed by atoms with Gasteiger partial charge in [0.15, 0.2) is 6.10 Å². The van der Waals surface area contributed by atoms with Gasteiger partial charge in [-0.05, 0) is 42.5 Å². The number of halogens is 1. The molecule has 0 spiro atoms. The summed E-state index contributed by atoms with van der Waals surface area (Å²) >= 11 is 0. The summed E-state index contributed by atoms with van der Waals surface area (Å²) in [6, 6.07) is 2.80. The molecule has 2 atom stereocenters. The average Bonchev–Trinajstić information content (AvgIpc) is 3.22. The van der Waals surface area contributed by atoms with E-state index < -0.39 is 12.1 Å². The summed E-state index contributed by atoms with van der Waals surface area (Å²) in [5.41, 5.74) is 11.5. The molecule has 0 radical (unpaired) electrons. The van der Waals surface area contributed by atoms with Crippen molar-refractivity contribution in [3.63, 3.8) is 0 Å². The van der Waals surface area contributed by atoms with Crippen LogP contribution in [0.3, 0.4) is 0 Å². The molecule has 1 aromatic carbocycles. The number of benzene rings is 1. The van der Waals surface area contributed by atoms with Crippen LogP contribution in [0.2, 0.25) is 0 Å². The Hall–Kier alpha value is -3.10. The number of carbonyl (C=O) groups excluding carboxylic acids is 1. The van der Waals surface area contributed by atoms with E-state index >= 15 is 0 Å². The quantitative estimate of drug-likeness (QED) is 0.379. The summed E-state index contributed by atoms with van der Waals surface area (Å²) in [6.45, 7) is 9.89. The average molecular weight is 468 g/mol. The molecule has 0 bridgehead atoms. The highest BCUT2D eigenvalue weighted by Gasteiger charge is 2.36. The minimum absolute atomic E-state index is 0.170. The second-order valence-corrected chi connectivity index (χ2v) is 8.22. The molecule has 6 rings (SSSR count). The minimum atomic E-state index is -1.51. The van der Waals surface area contributed by atoms with E-state index in [0.29, 0.717) is 41.9 Å². The standard InChI is InChI=1S/C22H18FN3O4.2C2H6/c1-8-9-2-3-14(24)17-11-6-26-16(19(11)25-15(18(9)17)5-13(8)23)4-10-12(21(26)28)7-30-22(29)20(10)27;2*1-2/h4-5,14,20,27H,2-3,6-7,24H2,1H3;2*1-2H3. The van der Waals surface area contributed by atoms with Crippen molar-refractivity contribution in [3.05, 3.63) is 61.7 Å². The zero-order valence-corrected chi connectivity index (χ0v) is 20.2. The molecule has 3 aromatic rings. The Morgan fingerprint density at radius 2 is 1.85 bits per heavy atom. The van der Waals surface area contributed by atoms with Gasteiger partial charge in [-0.1, -0.05) is 27.7 Å². The molecule has 2 aliphatic heterocycles. The highest BCUT2D eigenvalue weighted by molar-refractivity contribution is 5.93. The molecular formula is C26H30FN3O4. The van der Waals surface area contributed by atoms with Crippen LogP contribution in [0.25, 0.3) is 22.3 Å². The summed E-state index contributed by atoms with van der Waals surface area (Å²) in [5, 5.41) is 11.1. The Morgan fingerprint density at radius 1 is 1.15 bits per heavy atom. The number of carbonyl (C=O) groups is 1. The largest absolute Gasteiger partial charge is 0.458 e. The van der Waals surface area contributed by atoms with E-state index in [9.17, 15) is 19.1 Å². The molecule has 4 heterocycles. The van der Waals surface area contributed by atoms with Gasteiger partial charge in [-0.25, -0.2) is 14.2 Å². The fraction of sp³-hybridized carbons (Fsp3) is 0.423. The van der Waals surface area contributed by atoms with E-state index in [-0.39, 0.29) is 35.2 Å². The molecule has 7 nitrogen and oxygen atoms in total. The number of ether oxygens (including phenoxy) is 1. The summed E-state index contributed by atoms with van der Waals surface area (Å²) < 4.78 is 21.1. The highest BCUT2D eigenvalue weighted by atomic mass is 19.1. The molecule has 3 N–H and O–H groups in total. The minimum Gasteiger partial charge on any atom is -0.458 e. The molecule has 8 heteroatoms. The van der Waals surface area contributed by atoms with E-state index in [1.165, 1.54) is 6.07 Å². The second-order valence-electron chi connectivity index (χ2n) is 8.22. The number of nitrogens with two attached hydrogens (primary N) is 1. The second kappa shape index (κ2) is 8.92. The topological polar surface area (TPSA) is 107 Å². The first-order valence-corrected chi connectivity index (χ1v) is 11.9. The number of hydrogen-bond donors (Lipinski definition) is 2. The zero-order valence-electron chi connectivity index (χ0n) is 20.2. The predicted octanol–water partition coefficient (Wildman–Crippen LogP) is 3.96. The SMILES string of the molecule is CC.CC.Cc1c(F)cc2nc3c(c4c2c1CCC4N)Cn1c-3cc2c(c1=O)COC(=O)C2O. The first-order valence-electron chi connectivity index (χ1n) is 11.9. The highest BCUT2D eigenvalue weighted by Crippen LogP contribution is 2.44. The number of aliphatic hydroxyl groups excluding tert-OH is 1. The molecule has 0 amide bonds. The fourth-order valence-electron chi connectivity index (χ4n) is 5.14. The summed E-state index contributed by atoms with van der Waals surface area (Å²) in [6.07, 6.45) is -0.142. The van der Waals surface area contributed by atoms with E-state index in [1.807, 2.05) is 27.7 Å². The molecule has 0 fully saturated rings. The zero-order chi connectivity index (χ0) is 24.9. The molecule has 180 valence electrons. The number of hydrogen-bond acceptors (Lipinski definition) is 6. The molecule has 3 aliphatic rings. The number of fused-ring (bicyclic) bond motifs is 5. The van der Waals surface area contributed by atoms with Crippen LogP contribution in [0.5, 0.6) is 0 Å². The normalized spacial score (nSPS) is 19.1. The third kappa shape index (κ3) is 3.27. The van der Waals surface area contributed by atoms with Crippen molar-refractivity contribution in [1.29, 1.82) is 0 Å². The lowest BCUT2D eigenvalue weighted by atomic mass is 9.82. The molecular weight excluding hydrogens is 437 g/mol. The third-order valence-corrected chi connectivity index (χ3v) is 6.69. The van der Waals surface area contributed by atoms with Crippen molar-refractivity contribution >= 4 is 16.9 Å². The van der Waals surface area contributed by atoms with Crippen LogP contribution in [0, 0.1) is 12.7 Å². The first kappa shape index (κ1) is 24.0. The number of aryl methyl sites for hydroxylation is 1. The molecule has 0 saturated heterocycles. The number of aromatic nitrogens is 2. The molecule has 1 aliphatic carbocycles. The number of cyclic esters (lactones) is 1. The van der Waals surface area contributed by atoms with Crippen LogP contribution < -0.4 is 11.3 Å². The Kier molecular flexibility index (Phi) is 6.31. The van der Waals surface area contributed by atoms with Crippen molar-refractivity contribution in [2.75, 3.05) is 0 Å². The molecule has 0 saturated carbocycles. The van der Waals surface area contributed by atoms with Gasteiger partial charge in [-0.15, -0.1) is 0 Å². The Labute approximate surface area is 197 Å². The number of esters is 1. The molecule has 34 heavy (non-hydrogen) atoms. The summed E-state index contributed by atoms with van der Waals surface area (Å²) in [5.74, 6) is -1.10. The van der Waals surface area contributed by atoms with Gasteiger partial charge in [0.05, 0.1) is 29.0 Å². The Morgan fingerprint density at radius 3 is 2.56 bits per heavy atom. The maximum atomic E-state index is 14.6. The third-order valence-electron chi connectivity index (χ3n) is 6.69. The molecule has 2 unspecified atom stereocenters. The fourth-order valence-corrected chi connectivity index (χ4v) is 5.14. The van der Waals surface area contributed by atoms with Gasteiger partial charge in [0, 0.05) is 28.6 Å². The van der Waals surface area contributed by atoms with Gasteiger partial charge < -0.3 is 20.1 Å². The lowest BCUT2D eigenvalue weighted by molar-refractivity contribution is -0.157. The van der Waals surface area contributed by atoms with Crippen molar-refractivity contribution in [3.8, 4) is 11.4 Å². The van der Waals surface area contributed by atoms with Gasteiger partial charge in [-0.3, -0.25) is 4.79 Å². The van der Waals surface area contributed by atoms with Gasteiger partial charge >= 0.3 is 5.97 Å². The van der Waals surface area contributed by atoms with E-state index in [0.717, 1.165) is 22.1 Å². The van der Waals surface area contributed by atoms with Crippen molar-refractivity contribution < 1.29 is 19.0 Å². The van der Waals surface area contributed by atoms with Crippen LogP contribution in [0.4, 0.5) is 4.39 Å². The van der Waals surface area contributed by atoms with Crippen LogP contribution in [-0.4, -0.2) is 20.6 Å². The Bertz CT molecular complexity index is 1380. The van der Waals surface area contributed by atoms with Crippen LogP contribution in [0.15, 0.2) is 16.9 Å². The number of aliphatic hydroxyl groups is 1. The van der Waals surface area contributed by atoms with Crippen LogP contribution in [-0.2, 0) is 29.1 Å². The summed E-state index contributed by atoms with van der Waals surface area (Å²) in [7, 11) is 0. The van der Waals surface area contributed by atoms with Crippen molar-refractivity contribution in [2.45, 2.75) is 72.8 Å². The van der Waals surface area contributed by atoms with Gasteiger partial charge in [-0.2, -0.15) is 0 Å². The van der Waals surface area contributed by atoms with E-state index in [4.69, 9.17) is 15.5 Å². The van der Waals surface area contributed by atoms with Crippen molar-refractivity contribution in [2.24, 2.45) is 5.73 Å². The smallest absolute Gasteiger partial charge is 0.340 e. The first-order chi connectivity index (χ1) is 16.4. The van der Waals surface area contributed by atoms with E-state index in [2.05, 4.69) is 0 Å². The van der Waals surface area contributed by atoms with Crippen LogP contribution in [0.1, 0.15) is 79.6 Å². The Balaban J connectivity index is 0.000000652. The van der Waals surface area contributed by atoms with Crippen molar-refractivity contribution in [1.82, 2.24) is 9.55 Å². The maximum Gasteiger partial charge on any atom is 0.340 e. The summed E-state index contributed by atoms with van der Waals surface area (Å²) in [4.78, 5) is 29.6. The number of pyridine rings is 2. The van der Waals surface area contributed by atoms with Crippen LogP contribution >= 0.6 is 0 Å². The van der Waals surface area contributed by atoms with Gasteiger partial charge in [0.2, 0.25) is 0 Å². The van der Waals surface area contributed by atoms with Gasteiger partial charge in [0.25, 0.3) is 5.56 Å². The molecule has 2 aromatic heterocycles. The lowest BCUT2D eigenvalue weighted by Gasteiger charge is -2.26.